The molecule has 0 amide bonds. The van der Waals surface area contributed by atoms with Crippen molar-refractivity contribution >= 4 is 0 Å². The Balaban J connectivity index is 2.30. The van der Waals surface area contributed by atoms with Gasteiger partial charge >= 0.3 is 0 Å². The van der Waals surface area contributed by atoms with Crippen molar-refractivity contribution in [3.05, 3.63) is 47.3 Å². The predicted octanol–water partition coefficient (Wildman–Crippen LogP) is 3.30. The molecular weight excluding hydrogens is 257 g/mol. The van der Waals surface area contributed by atoms with E-state index in [1.54, 1.807) is 25.3 Å². The minimum Gasteiger partial charge on any atom is -0.454 e. The van der Waals surface area contributed by atoms with Crippen LogP contribution in [0.3, 0.4) is 0 Å². The number of nitrogens with two attached hydrogens (primary N) is 1. The van der Waals surface area contributed by atoms with Gasteiger partial charge in [0.2, 0.25) is 0 Å². The Morgan fingerprint density at radius 3 is 2.70 bits per heavy atom. The molecule has 0 radical (unpaired) electrons. The lowest BCUT2D eigenvalue weighted by Gasteiger charge is -2.12. The summed E-state index contributed by atoms with van der Waals surface area (Å²) < 4.78 is 19.1. The molecule has 20 heavy (non-hydrogen) atoms. The third-order valence-electron chi connectivity index (χ3n) is 2.93. The number of hydrogen-bond donors (Lipinski definition) is 1. The Kier molecular flexibility index (Phi) is 4.29. The third-order valence-corrected chi connectivity index (χ3v) is 2.93. The summed E-state index contributed by atoms with van der Waals surface area (Å²) in [5, 5.41) is 0. The van der Waals surface area contributed by atoms with Gasteiger partial charge in [0.25, 0.3) is 0 Å². The van der Waals surface area contributed by atoms with E-state index in [1.165, 1.54) is 6.07 Å². The number of aromatic nitrogens is 2. The average Bonchev–Trinajstić information content (AvgIpc) is 2.43. The highest BCUT2D eigenvalue weighted by molar-refractivity contribution is 5.35. The summed E-state index contributed by atoms with van der Waals surface area (Å²) in [4.78, 5) is 8.61. The van der Waals surface area contributed by atoms with Gasteiger partial charge in [-0.15, -0.1) is 0 Å². The van der Waals surface area contributed by atoms with E-state index in [1.807, 2.05) is 13.8 Å². The summed E-state index contributed by atoms with van der Waals surface area (Å²) in [5.74, 6) is 1.49. The van der Waals surface area contributed by atoms with Crippen LogP contribution in [0.25, 0.3) is 0 Å². The number of aryl methyl sites for hydroxylation is 1. The molecule has 0 spiro atoms. The molecule has 1 aromatic carbocycles. The first kappa shape index (κ1) is 14.4. The van der Waals surface area contributed by atoms with Crippen LogP contribution < -0.4 is 10.5 Å². The van der Waals surface area contributed by atoms with Crippen LogP contribution in [-0.4, -0.2) is 9.97 Å². The molecule has 0 saturated heterocycles. The van der Waals surface area contributed by atoms with Crippen LogP contribution in [-0.2, 0) is 6.54 Å². The number of nitrogens with zero attached hydrogens (tertiary/aromatic N) is 2. The fourth-order valence-corrected chi connectivity index (χ4v) is 1.70. The van der Waals surface area contributed by atoms with Gasteiger partial charge in [-0.05, 0) is 18.6 Å². The van der Waals surface area contributed by atoms with Gasteiger partial charge < -0.3 is 10.5 Å². The van der Waals surface area contributed by atoms with Crippen LogP contribution in [0.15, 0.2) is 24.4 Å². The van der Waals surface area contributed by atoms with Gasteiger partial charge in [0, 0.05) is 18.5 Å². The zero-order valence-corrected chi connectivity index (χ0v) is 11.9. The molecular formula is C15H18FN3O. The monoisotopic (exact) mass is 275 g/mol. The zero-order chi connectivity index (χ0) is 14.7. The van der Waals surface area contributed by atoms with Crippen molar-refractivity contribution < 1.29 is 9.13 Å². The third kappa shape index (κ3) is 3.11. The van der Waals surface area contributed by atoms with Gasteiger partial charge in [0.15, 0.2) is 5.75 Å². The second-order valence-electron chi connectivity index (χ2n) is 4.91. The summed E-state index contributed by atoms with van der Waals surface area (Å²) in [7, 11) is 0. The lowest BCUT2D eigenvalue weighted by atomic mass is 10.2. The lowest BCUT2D eigenvalue weighted by Crippen LogP contribution is -2.07. The number of ether oxygens (including phenoxy) is 1. The normalized spacial score (nSPS) is 10.9. The van der Waals surface area contributed by atoms with Crippen LogP contribution in [0.2, 0.25) is 0 Å². The molecule has 0 aliphatic heterocycles. The highest BCUT2D eigenvalue weighted by Gasteiger charge is 2.11. The molecule has 0 saturated carbocycles. The van der Waals surface area contributed by atoms with Crippen LogP contribution >= 0.6 is 0 Å². The maximum atomic E-state index is 13.5. The highest BCUT2D eigenvalue weighted by atomic mass is 19.1. The van der Waals surface area contributed by atoms with Crippen molar-refractivity contribution in [2.24, 2.45) is 5.73 Å². The fraction of sp³-hybridized carbons (Fsp3) is 0.333. The van der Waals surface area contributed by atoms with E-state index < -0.39 is 0 Å². The topological polar surface area (TPSA) is 61.0 Å². The molecule has 5 heteroatoms. The lowest BCUT2D eigenvalue weighted by molar-refractivity contribution is 0.462. The second-order valence-corrected chi connectivity index (χ2v) is 4.91. The van der Waals surface area contributed by atoms with Gasteiger partial charge in [-0.1, -0.05) is 19.9 Å². The summed E-state index contributed by atoms with van der Waals surface area (Å²) in [6.45, 7) is 5.95. The van der Waals surface area contributed by atoms with Crippen molar-refractivity contribution in [2.45, 2.75) is 33.2 Å². The average molecular weight is 275 g/mol. The second kappa shape index (κ2) is 5.96. The van der Waals surface area contributed by atoms with Gasteiger partial charge in [-0.25, -0.2) is 14.4 Å². The van der Waals surface area contributed by atoms with E-state index in [0.717, 1.165) is 0 Å². The van der Waals surface area contributed by atoms with Crippen LogP contribution in [0, 0.1) is 12.7 Å². The molecule has 0 unspecified atom stereocenters. The number of hydrogen-bond acceptors (Lipinski definition) is 4. The van der Waals surface area contributed by atoms with E-state index in [4.69, 9.17) is 10.5 Å². The number of benzene rings is 1. The molecule has 2 aromatic rings. The summed E-state index contributed by atoms with van der Waals surface area (Å²) in [6.07, 6.45) is 1.59. The minimum absolute atomic E-state index is 0.214. The van der Waals surface area contributed by atoms with E-state index in [-0.39, 0.29) is 18.3 Å². The quantitative estimate of drug-likeness (QED) is 0.930. The molecule has 0 bridgehead atoms. The Bertz CT molecular complexity index is 614. The molecule has 2 rings (SSSR count). The van der Waals surface area contributed by atoms with Crippen LogP contribution in [0.5, 0.6) is 11.5 Å². The summed E-state index contributed by atoms with van der Waals surface area (Å²) in [6, 6.07) is 4.71. The van der Waals surface area contributed by atoms with E-state index >= 15 is 0 Å². The van der Waals surface area contributed by atoms with Crippen LogP contribution in [0.1, 0.15) is 36.8 Å². The molecule has 2 N–H and O–H groups in total. The first-order chi connectivity index (χ1) is 9.51. The molecule has 0 atom stereocenters. The summed E-state index contributed by atoms with van der Waals surface area (Å²) in [5.41, 5.74) is 6.87. The van der Waals surface area contributed by atoms with Crippen molar-refractivity contribution in [1.82, 2.24) is 9.97 Å². The SMILES string of the molecule is Cc1ccc(Oc2cnc(C(C)C)nc2CN)cc1F. The maximum Gasteiger partial charge on any atom is 0.168 e. The molecule has 1 aromatic heterocycles. The van der Waals surface area contributed by atoms with Crippen molar-refractivity contribution in [2.75, 3.05) is 0 Å². The summed E-state index contributed by atoms with van der Waals surface area (Å²) >= 11 is 0. The zero-order valence-electron chi connectivity index (χ0n) is 11.9. The first-order valence-corrected chi connectivity index (χ1v) is 6.51. The molecule has 4 nitrogen and oxygen atoms in total. The Morgan fingerprint density at radius 1 is 1.35 bits per heavy atom. The Labute approximate surface area is 117 Å². The molecule has 0 aliphatic carbocycles. The maximum absolute atomic E-state index is 13.5. The van der Waals surface area contributed by atoms with Crippen molar-refractivity contribution in [3.8, 4) is 11.5 Å². The standard InChI is InChI=1S/C15H18FN3O/c1-9(2)15-18-8-14(13(7-17)19-15)20-11-5-4-10(3)12(16)6-11/h4-6,8-9H,7,17H2,1-3H3. The van der Waals surface area contributed by atoms with Crippen molar-refractivity contribution in [3.63, 3.8) is 0 Å². The molecule has 0 aliphatic rings. The van der Waals surface area contributed by atoms with Gasteiger partial charge in [-0.3, -0.25) is 0 Å². The highest BCUT2D eigenvalue weighted by Crippen LogP contribution is 2.26. The van der Waals surface area contributed by atoms with E-state index in [9.17, 15) is 4.39 Å². The largest absolute Gasteiger partial charge is 0.454 e. The van der Waals surface area contributed by atoms with Crippen molar-refractivity contribution in [1.29, 1.82) is 0 Å². The fourth-order valence-electron chi connectivity index (χ4n) is 1.70. The Morgan fingerprint density at radius 2 is 2.10 bits per heavy atom. The van der Waals surface area contributed by atoms with Crippen LogP contribution in [0.4, 0.5) is 4.39 Å². The van der Waals surface area contributed by atoms with Gasteiger partial charge in [-0.2, -0.15) is 0 Å². The van der Waals surface area contributed by atoms with E-state index in [0.29, 0.717) is 28.6 Å². The number of rotatable bonds is 4. The predicted molar refractivity (Wildman–Crippen MR) is 75.2 cm³/mol. The Hall–Kier alpha value is -2.01. The minimum atomic E-state index is -0.309. The molecule has 106 valence electrons. The smallest absolute Gasteiger partial charge is 0.168 e. The van der Waals surface area contributed by atoms with E-state index in [2.05, 4.69) is 9.97 Å². The molecule has 0 fully saturated rings. The first-order valence-electron chi connectivity index (χ1n) is 6.51. The van der Waals surface area contributed by atoms with Gasteiger partial charge in [0.05, 0.1) is 6.20 Å². The van der Waals surface area contributed by atoms with Gasteiger partial charge in [0.1, 0.15) is 23.1 Å². The number of halogens is 1. The molecule has 1 heterocycles.